The molecule has 0 radical (unpaired) electrons. The first-order valence-electron chi connectivity index (χ1n) is 8.05. The van der Waals surface area contributed by atoms with E-state index in [9.17, 15) is 9.59 Å². The van der Waals surface area contributed by atoms with Crippen LogP contribution in [-0.2, 0) is 11.2 Å². The van der Waals surface area contributed by atoms with E-state index in [0.717, 1.165) is 24.8 Å². The van der Waals surface area contributed by atoms with Crippen molar-refractivity contribution in [2.24, 2.45) is 5.92 Å². The molecular formula is C19H19ClN2O2. The summed E-state index contributed by atoms with van der Waals surface area (Å²) in [7, 11) is 0. The van der Waals surface area contributed by atoms with Gasteiger partial charge in [-0.05, 0) is 55.2 Å². The summed E-state index contributed by atoms with van der Waals surface area (Å²) in [5.41, 5.74) is 2.32. The number of nitrogens with one attached hydrogen (secondary N) is 2. The van der Waals surface area contributed by atoms with E-state index in [-0.39, 0.29) is 17.7 Å². The molecule has 24 heavy (non-hydrogen) atoms. The standard InChI is InChI=1S/C19H19ClN2O2/c20-16-8-4-13(5-9-16)10-11-21-18(23)15-2-1-3-17(12-15)22-19(24)14-6-7-14/h1-5,8-9,12,14H,6-7,10-11H2,(H,21,23)(H,22,24). The van der Waals surface area contributed by atoms with Crippen molar-refractivity contribution in [1.82, 2.24) is 5.32 Å². The molecule has 0 atom stereocenters. The Labute approximate surface area is 146 Å². The number of anilines is 1. The molecular weight excluding hydrogens is 324 g/mol. The van der Waals surface area contributed by atoms with Gasteiger partial charge in [-0.1, -0.05) is 29.8 Å². The average Bonchev–Trinajstić information content (AvgIpc) is 3.42. The van der Waals surface area contributed by atoms with E-state index >= 15 is 0 Å². The number of amides is 2. The molecule has 1 aliphatic carbocycles. The Balaban J connectivity index is 1.52. The zero-order chi connectivity index (χ0) is 16.9. The highest BCUT2D eigenvalue weighted by atomic mass is 35.5. The maximum absolute atomic E-state index is 12.2. The second-order valence-corrected chi connectivity index (χ2v) is 6.41. The number of hydrogen-bond acceptors (Lipinski definition) is 2. The van der Waals surface area contributed by atoms with Crippen molar-refractivity contribution in [3.8, 4) is 0 Å². The van der Waals surface area contributed by atoms with Crippen LogP contribution in [0.2, 0.25) is 5.02 Å². The molecule has 0 saturated heterocycles. The predicted molar refractivity (Wildman–Crippen MR) is 95.3 cm³/mol. The van der Waals surface area contributed by atoms with Gasteiger partial charge in [0.25, 0.3) is 5.91 Å². The van der Waals surface area contributed by atoms with Crippen LogP contribution in [0.4, 0.5) is 5.69 Å². The minimum absolute atomic E-state index is 0.0373. The van der Waals surface area contributed by atoms with Gasteiger partial charge in [-0.2, -0.15) is 0 Å². The quantitative estimate of drug-likeness (QED) is 0.841. The lowest BCUT2D eigenvalue weighted by Gasteiger charge is -2.08. The van der Waals surface area contributed by atoms with Crippen LogP contribution >= 0.6 is 11.6 Å². The van der Waals surface area contributed by atoms with Gasteiger partial charge in [-0.3, -0.25) is 9.59 Å². The normalized spacial score (nSPS) is 13.4. The van der Waals surface area contributed by atoms with Crippen molar-refractivity contribution >= 4 is 29.1 Å². The van der Waals surface area contributed by atoms with Gasteiger partial charge in [-0.15, -0.1) is 0 Å². The highest BCUT2D eigenvalue weighted by molar-refractivity contribution is 6.30. The summed E-state index contributed by atoms with van der Waals surface area (Å²) < 4.78 is 0. The molecule has 0 aromatic heterocycles. The van der Waals surface area contributed by atoms with Crippen LogP contribution in [0.3, 0.4) is 0 Å². The second-order valence-electron chi connectivity index (χ2n) is 5.98. The molecule has 0 heterocycles. The highest BCUT2D eigenvalue weighted by Gasteiger charge is 2.29. The van der Waals surface area contributed by atoms with Gasteiger partial charge in [0.1, 0.15) is 0 Å². The Morgan fingerprint density at radius 3 is 2.54 bits per heavy atom. The number of rotatable bonds is 6. The lowest BCUT2D eigenvalue weighted by Crippen LogP contribution is -2.25. The van der Waals surface area contributed by atoms with E-state index in [1.807, 2.05) is 24.3 Å². The molecule has 0 bridgehead atoms. The van der Waals surface area contributed by atoms with E-state index in [2.05, 4.69) is 10.6 Å². The average molecular weight is 343 g/mol. The SMILES string of the molecule is O=C(NCCc1ccc(Cl)cc1)c1cccc(NC(=O)C2CC2)c1. The van der Waals surface area contributed by atoms with Crippen LogP contribution in [-0.4, -0.2) is 18.4 Å². The van der Waals surface area contributed by atoms with Crippen LogP contribution in [0, 0.1) is 5.92 Å². The van der Waals surface area contributed by atoms with Gasteiger partial charge in [-0.25, -0.2) is 0 Å². The molecule has 2 aromatic carbocycles. The number of halogens is 1. The summed E-state index contributed by atoms with van der Waals surface area (Å²) >= 11 is 5.85. The maximum atomic E-state index is 12.2. The number of carbonyl (C=O) groups is 2. The lowest BCUT2D eigenvalue weighted by molar-refractivity contribution is -0.117. The minimum atomic E-state index is -0.147. The van der Waals surface area contributed by atoms with Crippen LogP contribution in [0.5, 0.6) is 0 Å². The first kappa shape index (κ1) is 16.5. The van der Waals surface area contributed by atoms with Crippen molar-refractivity contribution in [2.75, 3.05) is 11.9 Å². The largest absolute Gasteiger partial charge is 0.352 e. The smallest absolute Gasteiger partial charge is 0.251 e. The summed E-state index contributed by atoms with van der Waals surface area (Å²) in [6, 6.07) is 14.6. The minimum Gasteiger partial charge on any atom is -0.352 e. The third-order valence-electron chi connectivity index (χ3n) is 3.95. The van der Waals surface area contributed by atoms with Crippen LogP contribution in [0.1, 0.15) is 28.8 Å². The van der Waals surface area contributed by atoms with Gasteiger partial charge in [0.05, 0.1) is 0 Å². The third kappa shape index (κ3) is 4.59. The first-order chi connectivity index (χ1) is 11.6. The first-order valence-corrected chi connectivity index (χ1v) is 8.43. The Morgan fingerprint density at radius 2 is 1.83 bits per heavy atom. The zero-order valence-corrected chi connectivity index (χ0v) is 14.0. The molecule has 2 aromatic rings. The van der Waals surface area contributed by atoms with Gasteiger partial charge in [0.15, 0.2) is 0 Å². The number of carbonyl (C=O) groups excluding carboxylic acids is 2. The van der Waals surface area contributed by atoms with E-state index in [0.29, 0.717) is 22.8 Å². The maximum Gasteiger partial charge on any atom is 0.251 e. The Morgan fingerprint density at radius 1 is 1.08 bits per heavy atom. The van der Waals surface area contributed by atoms with Gasteiger partial charge in [0, 0.05) is 28.7 Å². The summed E-state index contributed by atoms with van der Waals surface area (Å²) in [6.07, 6.45) is 2.65. The van der Waals surface area contributed by atoms with Crippen molar-refractivity contribution in [3.05, 3.63) is 64.7 Å². The molecule has 2 amide bonds. The molecule has 1 saturated carbocycles. The Hall–Kier alpha value is -2.33. The molecule has 5 heteroatoms. The van der Waals surface area contributed by atoms with Crippen molar-refractivity contribution in [1.29, 1.82) is 0 Å². The second kappa shape index (κ2) is 7.49. The monoisotopic (exact) mass is 342 g/mol. The molecule has 1 aliphatic rings. The van der Waals surface area contributed by atoms with Crippen LogP contribution < -0.4 is 10.6 Å². The highest BCUT2D eigenvalue weighted by Crippen LogP contribution is 2.30. The van der Waals surface area contributed by atoms with Gasteiger partial charge in [0.2, 0.25) is 5.91 Å². The lowest BCUT2D eigenvalue weighted by atomic mass is 10.1. The third-order valence-corrected chi connectivity index (χ3v) is 4.20. The number of benzene rings is 2. The summed E-state index contributed by atoms with van der Waals surface area (Å²) in [4.78, 5) is 24.0. The summed E-state index contributed by atoms with van der Waals surface area (Å²) in [6.45, 7) is 0.541. The van der Waals surface area contributed by atoms with Crippen molar-refractivity contribution in [3.63, 3.8) is 0 Å². The molecule has 2 N–H and O–H groups in total. The molecule has 1 fully saturated rings. The van der Waals surface area contributed by atoms with Crippen LogP contribution in [0.15, 0.2) is 48.5 Å². The Bertz CT molecular complexity index is 739. The van der Waals surface area contributed by atoms with Gasteiger partial charge >= 0.3 is 0 Å². The van der Waals surface area contributed by atoms with Gasteiger partial charge < -0.3 is 10.6 Å². The summed E-state index contributed by atoms with van der Waals surface area (Å²) in [5, 5.41) is 6.45. The zero-order valence-electron chi connectivity index (χ0n) is 13.2. The molecule has 0 unspecified atom stereocenters. The molecule has 124 valence electrons. The fourth-order valence-electron chi connectivity index (χ4n) is 2.40. The summed E-state index contributed by atoms with van der Waals surface area (Å²) in [5.74, 6) is 0.0311. The Kier molecular flexibility index (Phi) is 5.16. The van der Waals surface area contributed by atoms with Crippen molar-refractivity contribution in [2.45, 2.75) is 19.3 Å². The van der Waals surface area contributed by atoms with Crippen molar-refractivity contribution < 1.29 is 9.59 Å². The fraction of sp³-hybridized carbons (Fsp3) is 0.263. The molecule has 4 nitrogen and oxygen atoms in total. The van der Waals surface area contributed by atoms with E-state index < -0.39 is 0 Å². The molecule has 3 rings (SSSR count). The van der Waals surface area contributed by atoms with E-state index in [4.69, 9.17) is 11.6 Å². The van der Waals surface area contributed by atoms with Crippen LogP contribution in [0.25, 0.3) is 0 Å². The van der Waals surface area contributed by atoms with E-state index in [1.54, 1.807) is 24.3 Å². The molecule has 0 aliphatic heterocycles. The topological polar surface area (TPSA) is 58.2 Å². The molecule has 0 spiro atoms. The predicted octanol–water partition coefficient (Wildman–Crippen LogP) is 3.66. The fourth-order valence-corrected chi connectivity index (χ4v) is 2.53. The van der Waals surface area contributed by atoms with E-state index in [1.165, 1.54) is 0 Å². The number of hydrogen-bond donors (Lipinski definition) is 2.